The summed E-state index contributed by atoms with van der Waals surface area (Å²) in [5.74, 6) is 0. The first kappa shape index (κ1) is 15.2. The summed E-state index contributed by atoms with van der Waals surface area (Å²) in [7, 11) is 3.09. The summed E-state index contributed by atoms with van der Waals surface area (Å²) in [6, 6.07) is 0.847. The topological polar surface area (TPSA) is 13.1 Å². The number of halogens is 1. The van der Waals surface area contributed by atoms with Crippen molar-refractivity contribution in [1.82, 2.24) is 13.8 Å². The van der Waals surface area contributed by atoms with Crippen LogP contribution in [0.25, 0.3) is 0 Å². The minimum atomic E-state index is -0.853. The molecular formula is C11H21ClN3PS. The molecule has 1 aromatic rings. The maximum Gasteiger partial charge on any atom is 0.179 e. The maximum absolute atomic E-state index is 6.66. The second kappa shape index (κ2) is 5.83. The van der Waals surface area contributed by atoms with E-state index in [1.165, 1.54) is 0 Å². The molecule has 1 heterocycles. The van der Waals surface area contributed by atoms with Crippen LogP contribution >= 0.6 is 30.9 Å². The highest BCUT2D eigenvalue weighted by atomic mass is 35.7. The van der Waals surface area contributed by atoms with Crippen molar-refractivity contribution in [2.45, 2.75) is 39.8 Å². The van der Waals surface area contributed by atoms with E-state index in [0.29, 0.717) is 12.1 Å². The van der Waals surface area contributed by atoms with Gasteiger partial charge in [0.05, 0.1) is 5.44 Å². The molecule has 0 amide bonds. The molecule has 0 aliphatic carbocycles. The van der Waals surface area contributed by atoms with Gasteiger partial charge in [-0.1, -0.05) is 11.2 Å². The van der Waals surface area contributed by atoms with Crippen LogP contribution in [0.1, 0.15) is 27.7 Å². The summed E-state index contributed by atoms with van der Waals surface area (Å²) >= 11 is 12.0. The van der Waals surface area contributed by atoms with E-state index < -0.39 is 7.43 Å². The Hall–Kier alpha value is 0.110. The predicted octanol–water partition coefficient (Wildman–Crippen LogP) is 3.39. The normalized spacial score (nSPS) is 14.0. The average molecular weight is 294 g/mol. The summed E-state index contributed by atoms with van der Waals surface area (Å²) in [6.07, 6.45) is 2.04. The molecule has 1 rings (SSSR count). The molecule has 0 aliphatic heterocycles. The molecule has 0 spiro atoms. The first-order chi connectivity index (χ1) is 7.77. The van der Waals surface area contributed by atoms with Crippen LogP contribution in [0, 0.1) is 4.77 Å². The Morgan fingerprint density at radius 2 is 1.71 bits per heavy atom. The van der Waals surface area contributed by atoms with Gasteiger partial charge in [-0.05, 0) is 39.9 Å². The summed E-state index contributed by atoms with van der Waals surface area (Å²) in [5, 5.41) is 0. The molecule has 0 N–H and O–H groups in total. The van der Waals surface area contributed by atoms with E-state index >= 15 is 0 Å². The Morgan fingerprint density at radius 3 is 2.00 bits per heavy atom. The second-order valence-corrected chi connectivity index (χ2v) is 7.53. The van der Waals surface area contributed by atoms with Gasteiger partial charge in [-0.2, -0.15) is 0 Å². The summed E-state index contributed by atoms with van der Waals surface area (Å²) < 4.78 is 7.09. The zero-order valence-corrected chi connectivity index (χ0v) is 13.8. The van der Waals surface area contributed by atoms with E-state index in [1.54, 1.807) is 0 Å². The highest BCUT2D eigenvalue weighted by molar-refractivity contribution is 7.88. The van der Waals surface area contributed by atoms with Gasteiger partial charge in [0, 0.05) is 32.4 Å². The molecule has 0 saturated carbocycles. The zero-order chi connectivity index (χ0) is 13.3. The highest BCUT2D eigenvalue weighted by Gasteiger charge is 2.26. The van der Waals surface area contributed by atoms with Crippen LogP contribution in [0.4, 0.5) is 0 Å². The second-order valence-electron chi connectivity index (χ2n) is 4.77. The maximum atomic E-state index is 6.66. The van der Waals surface area contributed by atoms with Crippen molar-refractivity contribution in [3.63, 3.8) is 0 Å². The fourth-order valence-electron chi connectivity index (χ4n) is 1.94. The Morgan fingerprint density at radius 1 is 1.24 bits per heavy atom. The monoisotopic (exact) mass is 293 g/mol. The van der Waals surface area contributed by atoms with E-state index in [1.807, 2.05) is 29.4 Å². The third kappa shape index (κ3) is 3.11. The van der Waals surface area contributed by atoms with Crippen LogP contribution in [0.2, 0.25) is 0 Å². The molecule has 0 radical (unpaired) electrons. The van der Waals surface area contributed by atoms with E-state index in [0.717, 1.165) is 10.2 Å². The van der Waals surface area contributed by atoms with Gasteiger partial charge in [-0.25, -0.2) is 0 Å². The summed E-state index contributed by atoms with van der Waals surface area (Å²) in [5.41, 5.74) is 1.11. The van der Waals surface area contributed by atoms with E-state index in [9.17, 15) is 0 Å². The largest absolute Gasteiger partial charge is 0.326 e. The van der Waals surface area contributed by atoms with Crippen LogP contribution in [0.5, 0.6) is 0 Å². The molecule has 3 nitrogen and oxygen atoms in total. The van der Waals surface area contributed by atoms with Gasteiger partial charge in [0.25, 0.3) is 0 Å². The molecule has 0 aliphatic rings. The van der Waals surface area contributed by atoms with Crippen LogP contribution in [-0.2, 0) is 14.1 Å². The predicted molar refractivity (Wildman–Crippen MR) is 79.7 cm³/mol. The Kier molecular flexibility index (Phi) is 5.21. The quantitative estimate of drug-likeness (QED) is 0.623. The van der Waals surface area contributed by atoms with Crippen molar-refractivity contribution in [3.05, 3.63) is 11.0 Å². The van der Waals surface area contributed by atoms with Crippen LogP contribution in [0.15, 0.2) is 6.20 Å². The van der Waals surface area contributed by atoms with Crippen molar-refractivity contribution in [2.75, 3.05) is 0 Å². The van der Waals surface area contributed by atoms with Gasteiger partial charge in [-0.3, -0.25) is 4.67 Å². The zero-order valence-electron chi connectivity index (χ0n) is 11.3. The Labute approximate surface area is 115 Å². The standard InChI is InChI=1S/C11H21ClN3PS/c1-8(2)15(9(3)4)16(12)10-7-13(5)11(17)14(10)6/h7-9H,1-6H3. The minimum absolute atomic E-state index is 0.424. The van der Waals surface area contributed by atoms with Crippen molar-refractivity contribution in [3.8, 4) is 0 Å². The lowest BCUT2D eigenvalue weighted by Crippen LogP contribution is -2.34. The fraction of sp³-hybridized carbons (Fsp3) is 0.727. The number of rotatable bonds is 4. The van der Waals surface area contributed by atoms with E-state index in [4.69, 9.17) is 23.5 Å². The SMILES string of the molecule is CC(C)N(C(C)C)P(Cl)c1cn(C)c(=S)n1C. The smallest absolute Gasteiger partial charge is 0.179 e. The minimum Gasteiger partial charge on any atom is -0.326 e. The number of nitrogens with zero attached hydrogens (tertiary/aromatic N) is 3. The van der Waals surface area contributed by atoms with E-state index in [2.05, 4.69) is 32.4 Å². The molecule has 0 fully saturated rings. The van der Waals surface area contributed by atoms with Gasteiger partial charge < -0.3 is 9.13 Å². The Balaban J connectivity index is 3.14. The van der Waals surface area contributed by atoms with Crippen molar-refractivity contribution in [2.24, 2.45) is 14.1 Å². The molecule has 1 aromatic heterocycles. The molecule has 98 valence electrons. The first-order valence-electron chi connectivity index (χ1n) is 5.73. The molecule has 0 aromatic carbocycles. The molecule has 1 atom stereocenters. The third-order valence-electron chi connectivity index (χ3n) is 2.69. The number of hydrogen-bond donors (Lipinski definition) is 0. The lowest BCUT2D eigenvalue weighted by atomic mass is 10.3. The molecule has 17 heavy (non-hydrogen) atoms. The molecular weight excluding hydrogens is 273 g/mol. The van der Waals surface area contributed by atoms with E-state index in [-0.39, 0.29) is 0 Å². The first-order valence-corrected chi connectivity index (χ1v) is 8.34. The molecule has 0 bridgehead atoms. The van der Waals surface area contributed by atoms with Gasteiger partial charge in [-0.15, -0.1) is 0 Å². The molecule has 0 saturated heterocycles. The van der Waals surface area contributed by atoms with Crippen molar-refractivity contribution in [1.29, 1.82) is 0 Å². The lowest BCUT2D eigenvalue weighted by Gasteiger charge is -2.34. The van der Waals surface area contributed by atoms with Gasteiger partial charge in [0.2, 0.25) is 0 Å². The third-order valence-corrected chi connectivity index (χ3v) is 6.42. The molecule has 6 heteroatoms. The number of hydrogen-bond acceptors (Lipinski definition) is 2. The number of aryl methyl sites for hydroxylation is 1. The van der Waals surface area contributed by atoms with Crippen molar-refractivity contribution >= 4 is 36.3 Å². The van der Waals surface area contributed by atoms with Crippen molar-refractivity contribution < 1.29 is 0 Å². The highest BCUT2D eigenvalue weighted by Crippen LogP contribution is 2.47. The Bertz CT molecular complexity index is 430. The van der Waals surface area contributed by atoms with Gasteiger partial charge >= 0.3 is 0 Å². The van der Waals surface area contributed by atoms with Gasteiger partial charge in [0.1, 0.15) is 7.43 Å². The summed E-state index contributed by atoms with van der Waals surface area (Å²) in [6.45, 7) is 8.70. The number of aromatic nitrogens is 2. The van der Waals surface area contributed by atoms with Gasteiger partial charge in [0.15, 0.2) is 4.77 Å². The van der Waals surface area contributed by atoms with Crippen LogP contribution in [-0.4, -0.2) is 25.9 Å². The summed E-state index contributed by atoms with van der Waals surface area (Å²) in [4.78, 5) is 0. The molecule has 1 unspecified atom stereocenters. The fourth-order valence-corrected chi connectivity index (χ4v) is 5.34. The van der Waals surface area contributed by atoms with Crippen LogP contribution < -0.4 is 5.44 Å². The number of imidazole rings is 1. The van der Waals surface area contributed by atoms with Crippen LogP contribution in [0.3, 0.4) is 0 Å². The lowest BCUT2D eigenvalue weighted by molar-refractivity contribution is 0.328. The average Bonchev–Trinajstić information content (AvgIpc) is 2.44.